The summed E-state index contributed by atoms with van der Waals surface area (Å²) in [6, 6.07) is 12.7. The highest BCUT2D eigenvalue weighted by atomic mass is 16.5. The molecule has 0 saturated heterocycles. The third-order valence-electron chi connectivity index (χ3n) is 4.59. The maximum atomic E-state index is 12.4. The third-order valence-corrected chi connectivity index (χ3v) is 4.59. The Labute approximate surface area is 166 Å². The highest BCUT2D eigenvalue weighted by Gasteiger charge is 2.18. The normalized spacial score (nSPS) is 12.3. The number of benzene rings is 2. The summed E-state index contributed by atoms with van der Waals surface area (Å²) in [5, 5.41) is 13.9. The molecule has 0 aliphatic rings. The minimum absolute atomic E-state index is 0.00879. The van der Waals surface area contributed by atoms with Gasteiger partial charge in [-0.3, -0.25) is 4.79 Å². The second-order valence-corrected chi connectivity index (χ2v) is 8.13. The number of ether oxygens (including phenoxy) is 1. The van der Waals surface area contributed by atoms with E-state index in [1.165, 1.54) is 0 Å². The first-order chi connectivity index (χ1) is 13.1. The highest BCUT2D eigenvalue weighted by molar-refractivity contribution is 5.79. The average Bonchev–Trinajstić information content (AvgIpc) is 2.61. The number of hydrogen-bond acceptors (Lipinski definition) is 4. The van der Waals surface area contributed by atoms with Crippen LogP contribution in [0, 0.1) is 13.8 Å². The molecule has 0 aliphatic carbocycles. The lowest BCUT2D eigenvalue weighted by molar-refractivity contribution is -0.306. The van der Waals surface area contributed by atoms with Crippen molar-refractivity contribution in [2.45, 2.75) is 52.5 Å². The summed E-state index contributed by atoms with van der Waals surface area (Å²) in [5.74, 6) is -0.964. The molecule has 2 rings (SSSR count). The average molecular weight is 382 g/mol. The summed E-state index contributed by atoms with van der Waals surface area (Å²) in [6.07, 6.45) is -0.302. The van der Waals surface area contributed by atoms with Crippen LogP contribution in [0.1, 0.15) is 55.5 Å². The number of aliphatic carboxylic acids is 1. The van der Waals surface area contributed by atoms with Gasteiger partial charge in [0.15, 0.2) is 6.61 Å². The summed E-state index contributed by atoms with van der Waals surface area (Å²) in [7, 11) is 0. The second kappa shape index (κ2) is 8.91. The molecule has 0 fully saturated rings. The number of rotatable bonds is 7. The number of nitrogens with one attached hydrogen (secondary N) is 1. The van der Waals surface area contributed by atoms with Crippen LogP contribution in [0.5, 0.6) is 5.75 Å². The Kier molecular flexibility index (Phi) is 6.84. The molecule has 150 valence electrons. The largest absolute Gasteiger partial charge is 0.550 e. The Balaban J connectivity index is 2.07. The maximum absolute atomic E-state index is 12.4. The molecule has 0 aromatic heterocycles. The second-order valence-electron chi connectivity index (χ2n) is 8.13. The molecule has 1 unspecified atom stereocenters. The summed E-state index contributed by atoms with van der Waals surface area (Å²) in [5.41, 5.74) is 3.81. The smallest absolute Gasteiger partial charge is 0.258 e. The molecule has 0 bridgehead atoms. The van der Waals surface area contributed by atoms with Gasteiger partial charge in [-0.2, -0.15) is 0 Å². The molecule has 0 heterocycles. The van der Waals surface area contributed by atoms with Crippen LogP contribution >= 0.6 is 0 Å². The van der Waals surface area contributed by atoms with Crippen molar-refractivity contribution >= 4 is 11.9 Å². The fourth-order valence-corrected chi connectivity index (χ4v) is 2.88. The first-order valence-corrected chi connectivity index (χ1v) is 9.36. The van der Waals surface area contributed by atoms with Gasteiger partial charge in [-0.15, -0.1) is 0 Å². The number of carbonyl (C=O) groups is 2. The molecule has 0 radical (unpaired) electrons. The van der Waals surface area contributed by atoms with Crippen molar-refractivity contribution in [2.75, 3.05) is 6.61 Å². The topological polar surface area (TPSA) is 78.5 Å². The van der Waals surface area contributed by atoms with Crippen LogP contribution < -0.4 is 15.2 Å². The van der Waals surface area contributed by atoms with Gasteiger partial charge in [0, 0.05) is 12.4 Å². The van der Waals surface area contributed by atoms with Crippen molar-refractivity contribution < 1.29 is 19.4 Å². The van der Waals surface area contributed by atoms with Gasteiger partial charge in [0.05, 0.1) is 6.04 Å². The molecule has 5 nitrogen and oxygen atoms in total. The Morgan fingerprint density at radius 3 is 2.29 bits per heavy atom. The lowest BCUT2D eigenvalue weighted by Gasteiger charge is -2.23. The SMILES string of the molecule is Cc1ccc(C)c(OCC(=O)NC(CC(=O)[O-])c2ccc(C(C)(C)C)cc2)c1. The molecule has 0 saturated carbocycles. The third kappa shape index (κ3) is 6.12. The van der Waals surface area contributed by atoms with Crippen LogP contribution in [-0.2, 0) is 15.0 Å². The molecule has 0 aliphatic heterocycles. The van der Waals surface area contributed by atoms with Crippen molar-refractivity contribution in [3.8, 4) is 5.75 Å². The number of carbonyl (C=O) groups excluding carboxylic acids is 2. The number of hydrogen-bond donors (Lipinski definition) is 1. The molecule has 1 N–H and O–H groups in total. The van der Waals surface area contributed by atoms with Crippen LogP contribution in [0.3, 0.4) is 0 Å². The van der Waals surface area contributed by atoms with Crippen molar-refractivity contribution in [1.29, 1.82) is 0 Å². The molecule has 1 amide bonds. The molecule has 1 atom stereocenters. The van der Waals surface area contributed by atoms with Crippen LogP contribution in [0.25, 0.3) is 0 Å². The van der Waals surface area contributed by atoms with Gasteiger partial charge in [-0.25, -0.2) is 0 Å². The zero-order valence-corrected chi connectivity index (χ0v) is 17.2. The van der Waals surface area contributed by atoms with E-state index >= 15 is 0 Å². The zero-order chi connectivity index (χ0) is 20.9. The predicted molar refractivity (Wildman–Crippen MR) is 107 cm³/mol. The van der Waals surface area contributed by atoms with E-state index in [4.69, 9.17) is 4.74 Å². The van der Waals surface area contributed by atoms with E-state index in [9.17, 15) is 14.7 Å². The Morgan fingerprint density at radius 1 is 1.07 bits per heavy atom. The summed E-state index contributed by atoms with van der Waals surface area (Å²) >= 11 is 0. The molecular weight excluding hydrogens is 354 g/mol. The first-order valence-electron chi connectivity index (χ1n) is 9.36. The Bertz CT molecular complexity index is 835. The van der Waals surface area contributed by atoms with E-state index in [1.807, 2.05) is 56.3 Å². The number of carboxylic acids is 1. The number of amides is 1. The molecule has 28 heavy (non-hydrogen) atoms. The summed E-state index contributed by atoms with van der Waals surface area (Å²) < 4.78 is 5.61. The van der Waals surface area contributed by atoms with Crippen molar-refractivity contribution in [2.24, 2.45) is 0 Å². The molecule has 2 aromatic carbocycles. The van der Waals surface area contributed by atoms with E-state index in [0.29, 0.717) is 5.75 Å². The highest BCUT2D eigenvalue weighted by Crippen LogP contribution is 2.25. The maximum Gasteiger partial charge on any atom is 0.258 e. The first kappa shape index (κ1) is 21.5. The van der Waals surface area contributed by atoms with E-state index in [2.05, 4.69) is 26.1 Å². The Morgan fingerprint density at radius 2 is 1.71 bits per heavy atom. The molecule has 2 aromatic rings. The van der Waals surface area contributed by atoms with Crippen LogP contribution in [0.4, 0.5) is 0 Å². The van der Waals surface area contributed by atoms with Gasteiger partial charge < -0.3 is 20.0 Å². The monoisotopic (exact) mass is 382 g/mol. The summed E-state index contributed by atoms with van der Waals surface area (Å²) in [6.45, 7) is 9.98. The van der Waals surface area contributed by atoms with Gasteiger partial charge in [-0.1, -0.05) is 57.2 Å². The zero-order valence-electron chi connectivity index (χ0n) is 17.2. The van der Waals surface area contributed by atoms with Crippen molar-refractivity contribution in [1.82, 2.24) is 5.32 Å². The van der Waals surface area contributed by atoms with E-state index in [0.717, 1.165) is 22.3 Å². The Hall–Kier alpha value is -2.82. The van der Waals surface area contributed by atoms with E-state index < -0.39 is 12.0 Å². The quantitative estimate of drug-likeness (QED) is 0.798. The minimum Gasteiger partial charge on any atom is -0.550 e. The van der Waals surface area contributed by atoms with E-state index in [-0.39, 0.29) is 24.3 Å². The lowest BCUT2D eigenvalue weighted by atomic mass is 9.86. The van der Waals surface area contributed by atoms with Gasteiger partial charge in [-0.05, 0) is 47.6 Å². The van der Waals surface area contributed by atoms with Crippen molar-refractivity contribution in [3.63, 3.8) is 0 Å². The van der Waals surface area contributed by atoms with Gasteiger partial charge in [0.1, 0.15) is 5.75 Å². The molecule has 5 heteroatoms. The van der Waals surface area contributed by atoms with Crippen LogP contribution in [-0.4, -0.2) is 18.5 Å². The number of carboxylic acid groups (broad SMARTS) is 1. The van der Waals surface area contributed by atoms with Crippen LogP contribution in [0.2, 0.25) is 0 Å². The molecule has 0 spiro atoms. The lowest BCUT2D eigenvalue weighted by Crippen LogP contribution is -2.36. The van der Waals surface area contributed by atoms with Gasteiger partial charge in [0.2, 0.25) is 0 Å². The summed E-state index contributed by atoms with van der Waals surface area (Å²) in [4.78, 5) is 23.5. The van der Waals surface area contributed by atoms with Crippen LogP contribution in [0.15, 0.2) is 42.5 Å². The number of aryl methyl sites for hydroxylation is 2. The minimum atomic E-state index is -1.22. The fourth-order valence-electron chi connectivity index (χ4n) is 2.88. The van der Waals surface area contributed by atoms with Gasteiger partial charge >= 0.3 is 0 Å². The standard InChI is InChI=1S/C23H29NO4/c1-15-6-7-16(2)20(12-15)28-14-21(25)24-19(13-22(26)27)17-8-10-18(11-9-17)23(3,4)5/h6-12,19H,13-14H2,1-5H3,(H,24,25)(H,26,27)/p-1. The molecular formula is C23H28NO4-. The van der Waals surface area contributed by atoms with E-state index in [1.54, 1.807) is 0 Å². The predicted octanol–water partition coefficient (Wildman–Crippen LogP) is 2.98. The fraction of sp³-hybridized carbons (Fsp3) is 0.391. The van der Waals surface area contributed by atoms with Gasteiger partial charge in [0.25, 0.3) is 5.91 Å². The van der Waals surface area contributed by atoms with Crippen molar-refractivity contribution in [3.05, 3.63) is 64.7 Å².